The molecule has 6 N–H and O–H groups in total. The number of primary amides is 1. The Balaban J connectivity index is 1.14. The van der Waals surface area contributed by atoms with Crippen LogP contribution >= 0.6 is 12.6 Å². The first-order valence-electron chi connectivity index (χ1n) is 24.7. The van der Waals surface area contributed by atoms with Crippen LogP contribution in [0.4, 0.5) is 5.95 Å². The first kappa shape index (κ1) is 54.5. The molecule has 0 saturated carbocycles. The quantitative estimate of drug-likeness (QED) is 0.0164. The highest BCUT2D eigenvalue weighted by molar-refractivity contribution is 7.81. The van der Waals surface area contributed by atoms with Crippen LogP contribution < -0.4 is 27.0 Å². The van der Waals surface area contributed by atoms with Crippen LogP contribution in [0, 0.1) is 12.8 Å². The average molecular weight is 1000 g/mol. The molecule has 17 heteroatoms. The van der Waals surface area contributed by atoms with Crippen LogP contribution in [0.15, 0.2) is 96.1 Å². The Kier molecular flexibility index (Phi) is 17.2. The predicted octanol–water partition coefficient (Wildman–Crippen LogP) is 8.19. The minimum absolute atomic E-state index is 0.210. The number of aromatic nitrogens is 4. The van der Waals surface area contributed by atoms with Gasteiger partial charge >= 0.3 is 0 Å². The number of aliphatic imine (C=N–C) groups is 1. The van der Waals surface area contributed by atoms with E-state index in [-0.39, 0.29) is 24.9 Å². The van der Waals surface area contributed by atoms with Gasteiger partial charge < -0.3 is 45.8 Å². The number of benzene rings is 2. The highest BCUT2D eigenvalue weighted by Gasteiger charge is 2.43. The number of likely N-dealkylation sites (tertiary alicyclic amines) is 1. The third kappa shape index (κ3) is 12.4. The maximum Gasteiger partial charge on any atom is 0.248 e. The van der Waals surface area contributed by atoms with E-state index >= 15 is 0 Å². The Labute approximate surface area is 429 Å². The van der Waals surface area contributed by atoms with Crippen LogP contribution in [0.5, 0.6) is 0 Å². The van der Waals surface area contributed by atoms with Crippen molar-refractivity contribution in [3.63, 3.8) is 0 Å². The second kappa shape index (κ2) is 22.7. The summed E-state index contributed by atoms with van der Waals surface area (Å²) < 4.78 is 9.87. The number of rotatable bonds is 25. The Morgan fingerprint density at radius 3 is 2.19 bits per heavy atom. The van der Waals surface area contributed by atoms with E-state index in [4.69, 9.17) is 25.4 Å². The summed E-state index contributed by atoms with van der Waals surface area (Å²) in [7, 11) is 1.87. The topological polar surface area (TPSA) is 203 Å². The van der Waals surface area contributed by atoms with E-state index in [1.165, 1.54) is 10.5 Å². The normalized spacial score (nSPS) is 15.2. The number of hydrogen-bond donors (Lipinski definition) is 6. The first-order valence-corrected chi connectivity index (χ1v) is 25.1. The number of carbonyl (C=O) groups excluding carboxylic acids is 4. The molecule has 0 radical (unpaired) electrons. The Morgan fingerprint density at radius 2 is 1.56 bits per heavy atom. The number of nitrogens with zero attached hydrogens (tertiary/aromatic N) is 6. The van der Waals surface area contributed by atoms with Gasteiger partial charge in [-0.1, -0.05) is 66.2 Å². The zero-order chi connectivity index (χ0) is 52.8. The number of allylic oxidation sites excluding steroid dienone is 5. The number of hydrogen-bond acceptors (Lipinski definition) is 11. The van der Waals surface area contributed by atoms with Crippen molar-refractivity contribution >= 4 is 75.7 Å². The van der Waals surface area contributed by atoms with E-state index in [1.807, 2.05) is 40.8 Å². The lowest BCUT2D eigenvalue weighted by atomic mass is 9.93. The number of nitrogens with two attached hydrogens (primary N) is 1. The summed E-state index contributed by atoms with van der Waals surface area (Å²) in [5.41, 5.74) is 17.1. The van der Waals surface area contributed by atoms with Crippen LogP contribution in [0.25, 0.3) is 27.8 Å². The number of nitrogens with one attached hydrogen (secondary N) is 4. The maximum atomic E-state index is 13.0. The molecular formula is C55H73N11O5S. The van der Waals surface area contributed by atoms with E-state index in [9.17, 15) is 19.2 Å². The number of ether oxygens (including phenoxy) is 1. The summed E-state index contributed by atoms with van der Waals surface area (Å²) in [4.78, 5) is 67.6. The maximum absolute atomic E-state index is 13.0. The van der Waals surface area contributed by atoms with Gasteiger partial charge in [0.05, 0.1) is 46.7 Å². The van der Waals surface area contributed by atoms with Gasteiger partial charge in [-0.05, 0) is 101 Å². The van der Waals surface area contributed by atoms with Crippen molar-refractivity contribution in [1.82, 2.24) is 40.0 Å². The molecule has 1 atom stereocenters. The van der Waals surface area contributed by atoms with Gasteiger partial charge in [-0.15, -0.1) is 0 Å². The van der Waals surface area contributed by atoms with Crippen LogP contribution in [-0.4, -0.2) is 90.4 Å². The predicted molar refractivity (Wildman–Crippen MR) is 292 cm³/mol. The molecule has 384 valence electrons. The van der Waals surface area contributed by atoms with E-state index in [0.29, 0.717) is 86.0 Å². The highest BCUT2D eigenvalue weighted by atomic mass is 32.1. The first-order chi connectivity index (χ1) is 34.0. The molecule has 2 aliphatic rings. The standard InChI is InChI=1S/C55H73N11O5S/c1-14-38-26-40(34(5)57-13)28-45-49(38)64(37(8)61-45)21-17-18-22-65-50-39(27-41(51(56)69)29-46(50)62-53(65)60-35(6)42-24-32(3)59-44(42)15-2)20-16-19-23-71-36(7)54(9,10)63-47(67)30-58-48(68)31-66-33(4)25-43(52(66)70)55(11,12)72/h17-18,26-29,43,57,72H,4-7,14-16,19-25,30-31H2,1-3,8-13H3,(H2,56,69)(H,58,68)(H,60,62)(H,63,67)/b18-17+. The van der Waals surface area contributed by atoms with Gasteiger partial charge in [-0.2, -0.15) is 12.6 Å². The molecule has 2 aromatic heterocycles. The number of thiol groups is 1. The Hall–Kier alpha value is -6.88. The number of aryl methyl sites for hydroxylation is 3. The van der Waals surface area contributed by atoms with E-state index in [0.717, 1.165) is 69.0 Å². The molecule has 0 spiro atoms. The number of imidazole rings is 2. The number of fused-ring (bicyclic) bond motifs is 2. The fourth-order valence-corrected chi connectivity index (χ4v) is 9.44. The molecule has 0 bridgehead atoms. The van der Waals surface area contributed by atoms with Crippen LogP contribution in [-0.2, 0) is 45.1 Å². The van der Waals surface area contributed by atoms with E-state index in [1.54, 1.807) is 19.9 Å². The summed E-state index contributed by atoms with van der Waals surface area (Å²) in [6.45, 7) is 33.0. The van der Waals surface area contributed by atoms with Crippen molar-refractivity contribution in [3.8, 4) is 0 Å². The third-order valence-corrected chi connectivity index (χ3v) is 13.7. The molecule has 1 saturated heterocycles. The molecule has 2 aliphatic heterocycles. The van der Waals surface area contributed by atoms with Gasteiger partial charge in [0.15, 0.2) is 0 Å². The lowest BCUT2D eigenvalue weighted by molar-refractivity contribution is -0.135. The second-order valence-corrected chi connectivity index (χ2v) is 20.9. The highest BCUT2D eigenvalue weighted by Crippen LogP contribution is 2.38. The molecule has 4 aromatic rings. The Morgan fingerprint density at radius 1 is 0.903 bits per heavy atom. The minimum atomic E-state index is -0.966. The van der Waals surface area contributed by atoms with Crippen molar-refractivity contribution in [2.75, 3.05) is 32.1 Å². The fraction of sp³-hybridized carbons (Fsp3) is 0.436. The molecule has 0 aliphatic carbocycles. The monoisotopic (exact) mass is 1000 g/mol. The largest absolute Gasteiger partial charge is 0.496 e. The molecule has 72 heavy (non-hydrogen) atoms. The second-order valence-electron chi connectivity index (χ2n) is 19.7. The third-order valence-electron chi connectivity index (χ3n) is 13.4. The lowest BCUT2D eigenvalue weighted by Crippen LogP contribution is -2.50. The van der Waals surface area contributed by atoms with Gasteiger partial charge in [-0.3, -0.25) is 24.2 Å². The van der Waals surface area contributed by atoms with Gasteiger partial charge in [0.2, 0.25) is 29.6 Å². The SMILES string of the molecule is C=C(Nc1nc2cc(C(N)=O)cc(CCCCOC(=C)C(C)(C)NC(=O)CNC(=O)CN3C(=C)CC(C(C)(C)S)C3=O)c2n1C/C=C/Cn1c(C)nc2cc(C(=C)NC)cc(CC)c21)C1=C(CC)N=C(C)C1. The fourth-order valence-electron chi connectivity index (χ4n) is 9.24. The van der Waals surface area contributed by atoms with Crippen molar-refractivity contribution in [2.24, 2.45) is 16.6 Å². The lowest BCUT2D eigenvalue weighted by Gasteiger charge is -2.28. The van der Waals surface area contributed by atoms with Crippen molar-refractivity contribution in [1.29, 1.82) is 0 Å². The van der Waals surface area contributed by atoms with Crippen LogP contribution in [0.2, 0.25) is 0 Å². The van der Waals surface area contributed by atoms with Crippen molar-refractivity contribution < 1.29 is 23.9 Å². The minimum Gasteiger partial charge on any atom is -0.496 e. The molecule has 2 aromatic carbocycles. The van der Waals surface area contributed by atoms with Gasteiger partial charge in [-0.25, -0.2) is 9.97 Å². The van der Waals surface area contributed by atoms with Crippen LogP contribution in [0.3, 0.4) is 0 Å². The average Bonchev–Trinajstić information content (AvgIpc) is 4.06. The smallest absolute Gasteiger partial charge is 0.248 e. The summed E-state index contributed by atoms with van der Waals surface area (Å²) >= 11 is 4.55. The molecule has 1 unspecified atom stereocenters. The summed E-state index contributed by atoms with van der Waals surface area (Å²) in [6.07, 6.45) is 8.87. The molecule has 6 rings (SSSR count). The number of carbonyl (C=O) groups is 4. The van der Waals surface area contributed by atoms with Crippen molar-refractivity contribution in [3.05, 3.63) is 119 Å². The van der Waals surface area contributed by atoms with Crippen molar-refractivity contribution in [2.45, 2.75) is 124 Å². The molecule has 4 heterocycles. The molecule has 16 nitrogen and oxygen atoms in total. The molecule has 4 amide bonds. The van der Waals surface area contributed by atoms with E-state index in [2.05, 4.69) is 107 Å². The van der Waals surface area contributed by atoms with Crippen LogP contribution in [0.1, 0.15) is 113 Å². The van der Waals surface area contributed by atoms with Gasteiger partial charge in [0.25, 0.3) is 0 Å². The number of anilines is 1. The summed E-state index contributed by atoms with van der Waals surface area (Å²) in [5, 5.41) is 12.2. The van der Waals surface area contributed by atoms with Gasteiger partial charge in [0, 0.05) is 77.4 Å². The number of unbranched alkanes of at least 4 members (excludes halogenated alkanes) is 1. The Bertz CT molecular complexity index is 2940. The van der Waals surface area contributed by atoms with E-state index < -0.39 is 28.0 Å². The number of amides is 4. The van der Waals surface area contributed by atoms with Gasteiger partial charge in [0.1, 0.15) is 18.1 Å². The molecule has 1 fully saturated rings. The zero-order valence-electron chi connectivity index (χ0n) is 43.6. The molecular weight excluding hydrogens is 927 g/mol. The zero-order valence-corrected chi connectivity index (χ0v) is 44.5. The summed E-state index contributed by atoms with van der Waals surface area (Å²) in [6, 6.07) is 7.84. The summed E-state index contributed by atoms with van der Waals surface area (Å²) in [5.74, 6) is -0.247.